The highest BCUT2D eigenvalue weighted by Gasteiger charge is 2.06. The zero-order valence-electron chi connectivity index (χ0n) is 9.79. The van der Waals surface area contributed by atoms with Gasteiger partial charge in [0.05, 0.1) is 5.69 Å². The van der Waals surface area contributed by atoms with Gasteiger partial charge in [-0.15, -0.1) is 0 Å². The number of pyridine rings is 1. The van der Waals surface area contributed by atoms with Gasteiger partial charge in [-0.25, -0.2) is 9.37 Å². The summed E-state index contributed by atoms with van der Waals surface area (Å²) in [6.07, 6.45) is 0. The number of aromatic nitrogens is 1. The van der Waals surface area contributed by atoms with Crippen LogP contribution in [0.1, 0.15) is 11.3 Å². The Bertz CT molecular complexity index is 552. The number of benzene rings is 1. The number of aryl methyl sites for hydroxylation is 1. The first-order chi connectivity index (χ1) is 8.08. The lowest BCUT2D eigenvalue weighted by Crippen LogP contribution is -2.02. The molecule has 0 saturated carbocycles. The van der Waals surface area contributed by atoms with Crippen molar-refractivity contribution in [1.29, 1.82) is 0 Å². The molecule has 0 fully saturated rings. The lowest BCUT2D eigenvalue weighted by molar-refractivity contribution is 0.619. The number of nitrogens with zero attached hydrogens (tertiary/aromatic N) is 1. The molecule has 2 rings (SSSR count). The Balaban J connectivity index is 2.38. The van der Waals surface area contributed by atoms with E-state index in [4.69, 9.17) is 5.73 Å². The zero-order valence-corrected chi connectivity index (χ0v) is 9.79. The third kappa shape index (κ3) is 2.36. The maximum absolute atomic E-state index is 13.4. The van der Waals surface area contributed by atoms with Gasteiger partial charge in [-0.3, -0.25) is 0 Å². The monoisotopic (exact) mass is 231 g/mol. The molecule has 0 aliphatic heterocycles. The molecule has 3 nitrogen and oxygen atoms in total. The highest BCUT2D eigenvalue weighted by molar-refractivity contribution is 5.70. The van der Waals surface area contributed by atoms with E-state index in [1.807, 2.05) is 13.0 Å². The molecule has 1 aromatic heterocycles. The highest BCUT2D eigenvalue weighted by Crippen LogP contribution is 2.24. The summed E-state index contributed by atoms with van der Waals surface area (Å²) in [6, 6.07) is 8.48. The first-order valence-corrected chi connectivity index (χ1v) is 5.33. The predicted octanol–water partition coefficient (Wildman–Crippen LogP) is 3.16. The molecule has 0 aliphatic carbocycles. The largest absolute Gasteiger partial charge is 0.396 e. The summed E-state index contributed by atoms with van der Waals surface area (Å²) in [5, 5.41) is 3.05. The van der Waals surface area contributed by atoms with E-state index in [0.29, 0.717) is 22.8 Å². The van der Waals surface area contributed by atoms with Gasteiger partial charge in [0.25, 0.3) is 0 Å². The summed E-state index contributed by atoms with van der Waals surface area (Å²) in [5.74, 6) is 0.305. The number of rotatable bonds is 2. The van der Waals surface area contributed by atoms with Crippen LogP contribution in [0, 0.1) is 19.7 Å². The van der Waals surface area contributed by atoms with E-state index in [-0.39, 0.29) is 5.82 Å². The number of nitrogens with two attached hydrogens (primary N) is 1. The van der Waals surface area contributed by atoms with Crippen molar-refractivity contribution in [2.45, 2.75) is 13.8 Å². The molecule has 4 heteroatoms. The summed E-state index contributed by atoms with van der Waals surface area (Å²) in [7, 11) is 0. The first kappa shape index (κ1) is 11.4. The molecule has 88 valence electrons. The minimum Gasteiger partial charge on any atom is -0.396 e. The normalized spacial score (nSPS) is 10.3. The Morgan fingerprint density at radius 1 is 1.18 bits per heavy atom. The standard InChI is InChI=1S/C13H14FN3/c1-8-6-7-11(15)13(16-8)17-12-5-3-4-10(14)9(12)2/h3-7H,15H2,1-2H3,(H,16,17). The molecule has 17 heavy (non-hydrogen) atoms. The Kier molecular flexibility index (Phi) is 2.95. The summed E-state index contributed by atoms with van der Waals surface area (Å²) in [6.45, 7) is 3.59. The first-order valence-electron chi connectivity index (χ1n) is 5.33. The van der Waals surface area contributed by atoms with Crippen LogP contribution in [0.25, 0.3) is 0 Å². The zero-order chi connectivity index (χ0) is 12.4. The molecule has 0 unspecified atom stereocenters. The van der Waals surface area contributed by atoms with Gasteiger partial charge in [0, 0.05) is 16.9 Å². The molecule has 0 radical (unpaired) electrons. The average Bonchev–Trinajstić information content (AvgIpc) is 2.30. The van der Waals surface area contributed by atoms with Crippen molar-refractivity contribution in [2.24, 2.45) is 0 Å². The summed E-state index contributed by atoms with van der Waals surface area (Å²) >= 11 is 0. The van der Waals surface area contributed by atoms with Crippen molar-refractivity contribution in [3.05, 3.63) is 47.4 Å². The molecule has 3 N–H and O–H groups in total. The molecule has 0 aliphatic rings. The summed E-state index contributed by atoms with van der Waals surface area (Å²) in [4.78, 5) is 4.28. The Labute approximate surface area is 99.5 Å². The van der Waals surface area contributed by atoms with Gasteiger partial charge in [-0.05, 0) is 38.1 Å². The molecule has 0 spiro atoms. The third-order valence-electron chi connectivity index (χ3n) is 2.59. The van der Waals surface area contributed by atoms with Gasteiger partial charge in [-0.2, -0.15) is 0 Å². The van der Waals surface area contributed by atoms with Crippen LogP contribution in [0.4, 0.5) is 21.6 Å². The Hall–Kier alpha value is -2.10. The molecule has 2 aromatic rings. The van der Waals surface area contributed by atoms with Crippen LogP contribution >= 0.6 is 0 Å². The molecule has 1 aromatic carbocycles. The Morgan fingerprint density at radius 2 is 1.94 bits per heavy atom. The highest BCUT2D eigenvalue weighted by atomic mass is 19.1. The molecule has 1 heterocycles. The van der Waals surface area contributed by atoms with Gasteiger partial charge in [0.2, 0.25) is 0 Å². The molecule has 0 atom stereocenters. The number of hydrogen-bond donors (Lipinski definition) is 2. The fourth-order valence-electron chi connectivity index (χ4n) is 1.54. The van der Waals surface area contributed by atoms with E-state index in [9.17, 15) is 4.39 Å². The minimum absolute atomic E-state index is 0.249. The van der Waals surface area contributed by atoms with E-state index < -0.39 is 0 Å². The average molecular weight is 231 g/mol. The number of hydrogen-bond acceptors (Lipinski definition) is 3. The van der Waals surface area contributed by atoms with Gasteiger partial charge >= 0.3 is 0 Å². The molecule has 0 bridgehead atoms. The van der Waals surface area contributed by atoms with Gasteiger partial charge < -0.3 is 11.1 Å². The lowest BCUT2D eigenvalue weighted by atomic mass is 10.2. The number of nitrogen functional groups attached to an aromatic ring is 1. The molecule has 0 saturated heterocycles. The van der Waals surface area contributed by atoms with Crippen molar-refractivity contribution in [3.8, 4) is 0 Å². The van der Waals surface area contributed by atoms with E-state index >= 15 is 0 Å². The minimum atomic E-state index is -0.249. The SMILES string of the molecule is Cc1ccc(N)c(Nc2cccc(F)c2C)n1. The van der Waals surface area contributed by atoms with Gasteiger partial charge in [0.1, 0.15) is 5.82 Å². The fourth-order valence-corrected chi connectivity index (χ4v) is 1.54. The predicted molar refractivity (Wildman–Crippen MR) is 67.8 cm³/mol. The van der Waals surface area contributed by atoms with E-state index in [0.717, 1.165) is 5.69 Å². The van der Waals surface area contributed by atoms with Crippen LogP contribution in [0.2, 0.25) is 0 Å². The fraction of sp³-hybridized carbons (Fsp3) is 0.154. The van der Waals surface area contributed by atoms with Crippen LogP contribution < -0.4 is 11.1 Å². The molecular weight excluding hydrogens is 217 g/mol. The second-order valence-electron chi connectivity index (χ2n) is 3.93. The number of anilines is 3. The second-order valence-corrected chi connectivity index (χ2v) is 3.93. The van der Waals surface area contributed by atoms with Crippen LogP contribution in [-0.4, -0.2) is 4.98 Å². The van der Waals surface area contributed by atoms with Crippen LogP contribution in [-0.2, 0) is 0 Å². The van der Waals surface area contributed by atoms with Crippen molar-refractivity contribution in [3.63, 3.8) is 0 Å². The second kappa shape index (κ2) is 4.41. The quantitative estimate of drug-likeness (QED) is 0.834. The Morgan fingerprint density at radius 3 is 2.71 bits per heavy atom. The smallest absolute Gasteiger partial charge is 0.153 e. The maximum Gasteiger partial charge on any atom is 0.153 e. The van der Waals surface area contributed by atoms with Crippen molar-refractivity contribution < 1.29 is 4.39 Å². The molecule has 0 amide bonds. The van der Waals surface area contributed by atoms with Crippen molar-refractivity contribution >= 4 is 17.2 Å². The van der Waals surface area contributed by atoms with Crippen LogP contribution in [0.15, 0.2) is 30.3 Å². The summed E-state index contributed by atoms with van der Waals surface area (Å²) < 4.78 is 13.4. The number of nitrogens with one attached hydrogen (secondary N) is 1. The molecular formula is C13H14FN3. The van der Waals surface area contributed by atoms with E-state index in [1.54, 1.807) is 25.1 Å². The summed E-state index contributed by atoms with van der Waals surface area (Å²) in [5.41, 5.74) is 8.43. The lowest BCUT2D eigenvalue weighted by Gasteiger charge is -2.11. The van der Waals surface area contributed by atoms with Crippen LogP contribution in [0.3, 0.4) is 0 Å². The van der Waals surface area contributed by atoms with Gasteiger partial charge in [0.15, 0.2) is 5.82 Å². The van der Waals surface area contributed by atoms with Crippen molar-refractivity contribution in [1.82, 2.24) is 4.98 Å². The van der Waals surface area contributed by atoms with Crippen molar-refractivity contribution in [2.75, 3.05) is 11.1 Å². The third-order valence-corrected chi connectivity index (χ3v) is 2.59. The maximum atomic E-state index is 13.4. The van der Waals surface area contributed by atoms with Gasteiger partial charge in [-0.1, -0.05) is 6.07 Å². The van der Waals surface area contributed by atoms with Crippen LogP contribution in [0.5, 0.6) is 0 Å². The van der Waals surface area contributed by atoms with E-state index in [1.165, 1.54) is 6.07 Å². The number of halogens is 1. The van der Waals surface area contributed by atoms with E-state index in [2.05, 4.69) is 10.3 Å². The topological polar surface area (TPSA) is 50.9 Å².